The molecule has 2 N–H and O–H groups in total. The van der Waals surface area contributed by atoms with Gasteiger partial charge in [-0.3, -0.25) is 4.79 Å². The van der Waals surface area contributed by atoms with Crippen LogP contribution in [0.1, 0.15) is 5.56 Å². The highest BCUT2D eigenvalue weighted by Gasteiger charge is 1.99. The van der Waals surface area contributed by atoms with E-state index in [9.17, 15) is 9.18 Å². The Labute approximate surface area is 78.7 Å². The molecule has 1 rings (SSSR count). The van der Waals surface area contributed by atoms with Crippen molar-refractivity contribution in [2.75, 3.05) is 0 Å². The third-order valence-electron chi connectivity index (χ3n) is 1.13. The van der Waals surface area contributed by atoms with Crippen LogP contribution in [0.5, 0.6) is 0 Å². The molecule has 0 aliphatic heterocycles. The molecule has 1 heterocycles. The van der Waals surface area contributed by atoms with Crippen LogP contribution in [0.25, 0.3) is 0 Å². The van der Waals surface area contributed by atoms with Gasteiger partial charge in [0, 0.05) is 17.7 Å². The number of halogens is 2. The molecule has 0 aromatic carbocycles. The molecule has 0 saturated heterocycles. The Kier molecular flexibility index (Phi) is 2.83. The maximum Gasteiger partial charge on any atom is 0.293 e. The number of rotatable bonds is 0. The van der Waals surface area contributed by atoms with Crippen molar-refractivity contribution in [3.05, 3.63) is 28.8 Å². The van der Waals surface area contributed by atoms with Gasteiger partial charge < -0.3 is 5.73 Å². The van der Waals surface area contributed by atoms with Gasteiger partial charge in [-0.1, -0.05) is 17.5 Å². The van der Waals surface area contributed by atoms with Gasteiger partial charge in [-0.25, -0.2) is 4.98 Å². The summed E-state index contributed by atoms with van der Waals surface area (Å²) in [5.74, 6) is 2.91. The number of carbonyl (C=O) groups excluding carboxylic acids is 1. The highest BCUT2D eigenvalue weighted by atomic mass is 35.5. The molecule has 5 heteroatoms. The Bertz CT molecular complexity index is 408. The van der Waals surface area contributed by atoms with Crippen molar-refractivity contribution in [2.45, 2.75) is 0 Å². The Morgan fingerprint density at radius 2 is 2.38 bits per heavy atom. The molecule has 0 radical (unpaired) electrons. The lowest BCUT2D eigenvalue weighted by molar-refractivity contribution is -0.112. The molecule has 0 aliphatic rings. The Balaban J connectivity index is 3.00. The number of pyridine rings is 1. The van der Waals surface area contributed by atoms with Crippen molar-refractivity contribution in [1.82, 2.24) is 4.98 Å². The van der Waals surface area contributed by atoms with Crippen molar-refractivity contribution in [2.24, 2.45) is 5.73 Å². The number of aromatic nitrogens is 1. The lowest BCUT2D eigenvalue weighted by Crippen LogP contribution is -2.06. The number of nitrogens with zero attached hydrogens (tertiary/aromatic N) is 1. The molecule has 1 aromatic rings. The van der Waals surface area contributed by atoms with Crippen molar-refractivity contribution in [1.29, 1.82) is 0 Å². The average molecular weight is 199 g/mol. The minimum absolute atomic E-state index is 0.142. The highest BCUT2D eigenvalue weighted by Crippen LogP contribution is 2.12. The second kappa shape index (κ2) is 3.87. The second-order valence-corrected chi connectivity index (χ2v) is 2.52. The normalized spacial score (nSPS) is 8.77. The maximum absolute atomic E-state index is 12.5. The molecule has 66 valence electrons. The van der Waals surface area contributed by atoms with E-state index in [0.717, 1.165) is 6.20 Å². The lowest BCUT2D eigenvalue weighted by Gasteiger charge is -1.92. The van der Waals surface area contributed by atoms with Gasteiger partial charge in [0.05, 0.1) is 5.02 Å². The fraction of sp³-hybridized carbons (Fsp3) is 0. The molecule has 1 aromatic heterocycles. The predicted molar refractivity (Wildman–Crippen MR) is 45.3 cm³/mol. The topological polar surface area (TPSA) is 56.0 Å². The molecule has 13 heavy (non-hydrogen) atoms. The molecular formula is C8H4ClFN2O. The minimum Gasteiger partial charge on any atom is -0.359 e. The van der Waals surface area contributed by atoms with Gasteiger partial charge in [-0.15, -0.1) is 0 Å². The van der Waals surface area contributed by atoms with E-state index in [2.05, 4.69) is 16.8 Å². The van der Waals surface area contributed by atoms with Gasteiger partial charge in [0.25, 0.3) is 5.91 Å². The first kappa shape index (κ1) is 9.49. The highest BCUT2D eigenvalue weighted by molar-refractivity contribution is 6.30. The Morgan fingerprint density at radius 3 is 2.92 bits per heavy atom. The number of nitrogens with two attached hydrogens (primary N) is 1. The molecule has 0 fully saturated rings. The summed E-state index contributed by atoms with van der Waals surface area (Å²) in [5.41, 5.74) is 5.11. The summed E-state index contributed by atoms with van der Waals surface area (Å²) in [6, 6.07) is 1.26. The molecule has 0 atom stereocenters. The standard InChI is InChI=1S/C8H4ClFN2O/c9-6-3-5(1-2-7(11)13)4-12-8(6)10/h3-4H,(H2,11,13). The van der Waals surface area contributed by atoms with Crippen molar-refractivity contribution >= 4 is 17.5 Å². The SMILES string of the molecule is NC(=O)C#Cc1cnc(F)c(Cl)c1. The van der Waals surface area contributed by atoms with E-state index in [4.69, 9.17) is 17.3 Å². The van der Waals surface area contributed by atoms with Crippen LogP contribution in [0.15, 0.2) is 12.3 Å². The fourth-order valence-corrected chi connectivity index (χ4v) is 0.790. The molecule has 0 bridgehead atoms. The Hall–Kier alpha value is -1.60. The van der Waals surface area contributed by atoms with Crippen LogP contribution in [0.2, 0.25) is 5.02 Å². The van der Waals surface area contributed by atoms with Gasteiger partial charge in [-0.2, -0.15) is 4.39 Å². The number of carbonyl (C=O) groups is 1. The molecular weight excluding hydrogens is 195 g/mol. The number of primary amides is 1. The van der Waals surface area contributed by atoms with Crippen LogP contribution >= 0.6 is 11.6 Å². The van der Waals surface area contributed by atoms with E-state index >= 15 is 0 Å². The first-order chi connectivity index (χ1) is 6.09. The summed E-state index contributed by atoms with van der Waals surface area (Å²) in [5, 5.41) is -0.142. The summed E-state index contributed by atoms with van der Waals surface area (Å²) >= 11 is 5.41. The molecule has 0 saturated carbocycles. The monoisotopic (exact) mass is 198 g/mol. The fourth-order valence-electron chi connectivity index (χ4n) is 0.623. The number of amides is 1. The van der Waals surface area contributed by atoms with Gasteiger partial charge in [0.15, 0.2) is 0 Å². The quantitative estimate of drug-likeness (QED) is 0.493. The minimum atomic E-state index is -0.772. The zero-order valence-electron chi connectivity index (χ0n) is 6.34. The zero-order chi connectivity index (χ0) is 9.84. The molecule has 1 amide bonds. The van der Waals surface area contributed by atoms with Gasteiger partial charge in [0.2, 0.25) is 5.95 Å². The van der Waals surface area contributed by atoms with Crippen molar-refractivity contribution in [3.8, 4) is 11.8 Å². The van der Waals surface area contributed by atoms with E-state index in [-0.39, 0.29) is 5.02 Å². The van der Waals surface area contributed by atoms with Crippen molar-refractivity contribution < 1.29 is 9.18 Å². The van der Waals surface area contributed by atoms with E-state index < -0.39 is 11.9 Å². The molecule has 0 unspecified atom stereocenters. The largest absolute Gasteiger partial charge is 0.359 e. The van der Waals surface area contributed by atoms with E-state index in [1.165, 1.54) is 6.07 Å². The van der Waals surface area contributed by atoms with E-state index in [0.29, 0.717) is 5.56 Å². The summed E-state index contributed by atoms with van der Waals surface area (Å²) < 4.78 is 12.5. The molecule has 0 aliphatic carbocycles. The average Bonchev–Trinajstić information content (AvgIpc) is 2.07. The molecule has 3 nitrogen and oxygen atoms in total. The number of hydrogen-bond donors (Lipinski definition) is 1. The second-order valence-electron chi connectivity index (χ2n) is 2.11. The predicted octanol–water partition coefficient (Wildman–Crippen LogP) is 0.711. The number of hydrogen-bond acceptors (Lipinski definition) is 2. The summed E-state index contributed by atoms with van der Waals surface area (Å²) in [7, 11) is 0. The van der Waals surface area contributed by atoms with Crippen LogP contribution in [0.4, 0.5) is 4.39 Å². The van der Waals surface area contributed by atoms with Crippen LogP contribution in [-0.4, -0.2) is 10.9 Å². The molecule has 0 spiro atoms. The zero-order valence-corrected chi connectivity index (χ0v) is 7.10. The van der Waals surface area contributed by atoms with Gasteiger partial charge in [-0.05, 0) is 6.07 Å². The van der Waals surface area contributed by atoms with E-state index in [1.807, 2.05) is 0 Å². The third-order valence-corrected chi connectivity index (χ3v) is 1.39. The lowest BCUT2D eigenvalue weighted by atomic mass is 10.3. The Morgan fingerprint density at radius 1 is 1.69 bits per heavy atom. The first-order valence-electron chi connectivity index (χ1n) is 3.22. The smallest absolute Gasteiger partial charge is 0.293 e. The van der Waals surface area contributed by atoms with Crippen LogP contribution < -0.4 is 5.73 Å². The summed E-state index contributed by atoms with van der Waals surface area (Å²) in [4.78, 5) is 13.5. The van der Waals surface area contributed by atoms with Gasteiger partial charge in [0.1, 0.15) is 0 Å². The van der Waals surface area contributed by atoms with Crippen LogP contribution in [0.3, 0.4) is 0 Å². The van der Waals surface area contributed by atoms with Crippen LogP contribution in [-0.2, 0) is 4.79 Å². The summed E-state index contributed by atoms with van der Waals surface area (Å²) in [6.45, 7) is 0. The van der Waals surface area contributed by atoms with Crippen LogP contribution in [0, 0.1) is 17.8 Å². The summed E-state index contributed by atoms with van der Waals surface area (Å²) in [6.07, 6.45) is 1.16. The van der Waals surface area contributed by atoms with Gasteiger partial charge >= 0.3 is 0 Å². The third kappa shape index (κ3) is 2.73. The van der Waals surface area contributed by atoms with E-state index in [1.54, 1.807) is 0 Å². The first-order valence-corrected chi connectivity index (χ1v) is 3.60. The van der Waals surface area contributed by atoms with Crippen molar-refractivity contribution in [3.63, 3.8) is 0 Å². The maximum atomic E-state index is 12.5.